The number of hydrogen-bond donors (Lipinski definition) is 1. The molecule has 0 saturated heterocycles. The van der Waals surface area contributed by atoms with Crippen molar-refractivity contribution in [3.05, 3.63) is 60.3 Å². The Morgan fingerprint density at radius 1 is 1.00 bits per heavy atom. The maximum atomic E-state index is 11.4. The Bertz CT molecular complexity index is 1020. The van der Waals surface area contributed by atoms with E-state index in [-0.39, 0.29) is 5.56 Å². The van der Waals surface area contributed by atoms with E-state index in [1.54, 1.807) is 35.0 Å². The second kappa shape index (κ2) is 4.63. The van der Waals surface area contributed by atoms with Gasteiger partial charge in [0.2, 0.25) is 0 Å². The molecule has 0 aliphatic rings. The van der Waals surface area contributed by atoms with Gasteiger partial charge in [0.1, 0.15) is 0 Å². The number of nitrogens with zero attached hydrogens (tertiary/aromatic N) is 4. The lowest BCUT2D eigenvalue weighted by Crippen LogP contribution is -2.02. The van der Waals surface area contributed by atoms with E-state index in [1.165, 1.54) is 0 Å². The average molecular weight is 290 g/mol. The van der Waals surface area contributed by atoms with Gasteiger partial charge in [0.15, 0.2) is 11.5 Å². The van der Waals surface area contributed by atoms with Crippen LogP contribution in [-0.4, -0.2) is 30.9 Å². The number of benzene rings is 2. The SMILES string of the molecule is O=C(O)c1ccccc1-c1nnc2c3ccccc3cnn12. The zero-order valence-corrected chi connectivity index (χ0v) is 11.3. The molecule has 0 radical (unpaired) electrons. The molecule has 4 rings (SSSR count). The quantitative estimate of drug-likeness (QED) is 0.614. The smallest absolute Gasteiger partial charge is 0.336 e. The molecule has 1 N–H and O–H groups in total. The molecule has 2 aromatic heterocycles. The molecule has 0 bridgehead atoms. The fourth-order valence-electron chi connectivity index (χ4n) is 2.52. The van der Waals surface area contributed by atoms with Crippen LogP contribution in [0, 0.1) is 0 Å². The standard InChI is InChI=1S/C16H10N4O2/c21-16(22)13-8-4-3-7-12(13)15-19-18-14-11-6-2-1-5-10(11)9-17-20(14)15/h1-9H,(H,21,22). The first-order chi connectivity index (χ1) is 10.8. The van der Waals surface area contributed by atoms with Crippen molar-refractivity contribution in [1.82, 2.24) is 19.8 Å². The van der Waals surface area contributed by atoms with Gasteiger partial charge in [0, 0.05) is 16.3 Å². The molecule has 0 aliphatic carbocycles. The summed E-state index contributed by atoms with van der Waals surface area (Å²) in [5.41, 5.74) is 1.27. The highest BCUT2D eigenvalue weighted by Gasteiger charge is 2.17. The predicted molar refractivity (Wildman–Crippen MR) is 80.7 cm³/mol. The van der Waals surface area contributed by atoms with Crippen molar-refractivity contribution in [2.45, 2.75) is 0 Å². The van der Waals surface area contributed by atoms with Crippen molar-refractivity contribution in [2.24, 2.45) is 0 Å². The third-order valence-corrected chi connectivity index (χ3v) is 3.55. The lowest BCUT2D eigenvalue weighted by molar-refractivity contribution is 0.0697. The van der Waals surface area contributed by atoms with Crippen LogP contribution in [0.15, 0.2) is 54.7 Å². The van der Waals surface area contributed by atoms with Gasteiger partial charge in [0.25, 0.3) is 0 Å². The first kappa shape index (κ1) is 12.5. The summed E-state index contributed by atoms with van der Waals surface area (Å²) in [6, 6.07) is 14.4. The summed E-state index contributed by atoms with van der Waals surface area (Å²) in [7, 11) is 0. The summed E-state index contributed by atoms with van der Waals surface area (Å²) in [6.07, 6.45) is 1.72. The molecule has 0 saturated carbocycles. The van der Waals surface area contributed by atoms with Gasteiger partial charge in [-0.3, -0.25) is 0 Å². The molecule has 0 fully saturated rings. The molecule has 2 heterocycles. The molecule has 4 aromatic rings. The molecule has 22 heavy (non-hydrogen) atoms. The number of carboxylic acids is 1. The molecular formula is C16H10N4O2. The zero-order valence-electron chi connectivity index (χ0n) is 11.3. The van der Waals surface area contributed by atoms with Gasteiger partial charge in [-0.05, 0) is 6.07 Å². The monoisotopic (exact) mass is 290 g/mol. The molecule has 2 aromatic carbocycles. The van der Waals surface area contributed by atoms with Crippen LogP contribution < -0.4 is 0 Å². The highest BCUT2D eigenvalue weighted by molar-refractivity contribution is 5.96. The Morgan fingerprint density at radius 2 is 1.77 bits per heavy atom. The Kier molecular flexibility index (Phi) is 2.62. The molecule has 0 aliphatic heterocycles. The fraction of sp³-hybridized carbons (Fsp3) is 0. The largest absolute Gasteiger partial charge is 0.478 e. The molecule has 106 valence electrons. The maximum Gasteiger partial charge on any atom is 0.336 e. The summed E-state index contributed by atoms with van der Waals surface area (Å²) >= 11 is 0. The molecule has 6 nitrogen and oxygen atoms in total. The van der Waals surface area contributed by atoms with Crippen LogP contribution in [0.2, 0.25) is 0 Å². The second-order valence-corrected chi connectivity index (χ2v) is 4.84. The molecule has 0 amide bonds. The van der Waals surface area contributed by atoms with Crippen LogP contribution in [0.1, 0.15) is 10.4 Å². The number of carbonyl (C=O) groups is 1. The van der Waals surface area contributed by atoms with Crippen molar-refractivity contribution in [3.8, 4) is 11.4 Å². The minimum absolute atomic E-state index is 0.173. The lowest BCUT2D eigenvalue weighted by atomic mass is 10.1. The Balaban J connectivity index is 2.05. The van der Waals surface area contributed by atoms with E-state index in [0.29, 0.717) is 17.0 Å². The van der Waals surface area contributed by atoms with E-state index in [9.17, 15) is 9.90 Å². The summed E-state index contributed by atoms with van der Waals surface area (Å²) < 4.78 is 1.57. The predicted octanol–water partition coefficient (Wildman–Crippen LogP) is 2.64. The van der Waals surface area contributed by atoms with E-state index in [0.717, 1.165) is 10.8 Å². The van der Waals surface area contributed by atoms with Crippen LogP contribution >= 0.6 is 0 Å². The van der Waals surface area contributed by atoms with E-state index >= 15 is 0 Å². The molecule has 0 atom stereocenters. The third-order valence-electron chi connectivity index (χ3n) is 3.55. The van der Waals surface area contributed by atoms with Gasteiger partial charge in [0.05, 0.1) is 11.8 Å². The number of fused-ring (bicyclic) bond motifs is 3. The van der Waals surface area contributed by atoms with Crippen molar-refractivity contribution in [3.63, 3.8) is 0 Å². The van der Waals surface area contributed by atoms with Crippen LogP contribution in [0.5, 0.6) is 0 Å². The topological polar surface area (TPSA) is 80.4 Å². The van der Waals surface area contributed by atoms with Gasteiger partial charge >= 0.3 is 5.97 Å². The number of carboxylic acid groups (broad SMARTS) is 1. The number of rotatable bonds is 2. The maximum absolute atomic E-state index is 11.4. The van der Waals surface area contributed by atoms with E-state index in [1.807, 2.05) is 24.3 Å². The summed E-state index contributed by atoms with van der Waals surface area (Å²) in [5, 5.41) is 23.9. The number of hydrogen-bond acceptors (Lipinski definition) is 4. The molecular weight excluding hydrogens is 280 g/mol. The minimum atomic E-state index is -1.01. The van der Waals surface area contributed by atoms with E-state index in [2.05, 4.69) is 15.3 Å². The van der Waals surface area contributed by atoms with Crippen LogP contribution in [0.4, 0.5) is 0 Å². The van der Waals surface area contributed by atoms with Crippen LogP contribution in [0.3, 0.4) is 0 Å². The normalized spacial score (nSPS) is 11.1. The summed E-state index contributed by atoms with van der Waals surface area (Å²) in [4.78, 5) is 11.4. The Hall–Kier alpha value is -3.28. The molecule has 0 spiro atoms. The second-order valence-electron chi connectivity index (χ2n) is 4.84. The van der Waals surface area contributed by atoms with Gasteiger partial charge in [-0.15, -0.1) is 10.2 Å². The average Bonchev–Trinajstić information content (AvgIpc) is 2.99. The summed E-state index contributed by atoms with van der Waals surface area (Å²) in [6.45, 7) is 0. The summed E-state index contributed by atoms with van der Waals surface area (Å²) in [5.74, 6) is -0.591. The van der Waals surface area contributed by atoms with Gasteiger partial charge in [-0.1, -0.05) is 42.5 Å². The van der Waals surface area contributed by atoms with Gasteiger partial charge < -0.3 is 5.11 Å². The Morgan fingerprint density at radius 3 is 2.64 bits per heavy atom. The minimum Gasteiger partial charge on any atom is -0.478 e. The van der Waals surface area contributed by atoms with Crippen LogP contribution in [-0.2, 0) is 0 Å². The number of aromatic carboxylic acids is 1. The molecule has 0 unspecified atom stereocenters. The zero-order chi connectivity index (χ0) is 15.1. The first-order valence-corrected chi connectivity index (χ1v) is 6.67. The van der Waals surface area contributed by atoms with Gasteiger partial charge in [-0.2, -0.15) is 9.61 Å². The van der Waals surface area contributed by atoms with Crippen molar-refractivity contribution in [1.29, 1.82) is 0 Å². The lowest BCUT2D eigenvalue weighted by Gasteiger charge is -2.04. The third kappa shape index (κ3) is 1.74. The van der Waals surface area contributed by atoms with Crippen molar-refractivity contribution >= 4 is 22.4 Å². The number of aromatic nitrogens is 4. The van der Waals surface area contributed by atoms with E-state index < -0.39 is 5.97 Å². The fourth-order valence-corrected chi connectivity index (χ4v) is 2.52. The first-order valence-electron chi connectivity index (χ1n) is 6.67. The van der Waals surface area contributed by atoms with Gasteiger partial charge in [-0.25, -0.2) is 4.79 Å². The van der Waals surface area contributed by atoms with E-state index in [4.69, 9.17) is 0 Å². The Labute approximate surface area is 124 Å². The van der Waals surface area contributed by atoms with Crippen molar-refractivity contribution < 1.29 is 9.90 Å². The molecule has 6 heteroatoms. The highest BCUT2D eigenvalue weighted by atomic mass is 16.4. The van der Waals surface area contributed by atoms with Crippen LogP contribution in [0.25, 0.3) is 27.8 Å². The highest BCUT2D eigenvalue weighted by Crippen LogP contribution is 2.25. The van der Waals surface area contributed by atoms with Crippen molar-refractivity contribution in [2.75, 3.05) is 0 Å².